The molecule has 7 heteroatoms. The van der Waals surface area contributed by atoms with Crippen LogP contribution >= 0.6 is 0 Å². The standard InChI is InChI=1S/C10H12N2O4S/c13-10(14)8-2-1-3-9(11-8)12-17(15,16)6-7-4-5-7/h1-3,7H,4-6H2,(H,11,12)(H,13,14). The molecule has 1 aliphatic carbocycles. The van der Waals surface area contributed by atoms with Gasteiger partial charge in [0.15, 0.2) is 5.69 Å². The number of nitrogens with zero attached hydrogens (tertiary/aromatic N) is 1. The van der Waals surface area contributed by atoms with Crippen LogP contribution in [0.2, 0.25) is 0 Å². The first-order valence-corrected chi connectivity index (χ1v) is 6.82. The average molecular weight is 256 g/mol. The van der Waals surface area contributed by atoms with Gasteiger partial charge >= 0.3 is 5.97 Å². The Bertz CT molecular complexity index is 537. The SMILES string of the molecule is O=C(O)c1cccc(NS(=O)(=O)CC2CC2)n1. The molecule has 0 unspecified atom stereocenters. The molecule has 0 saturated heterocycles. The fourth-order valence-electron chi connectivity index (χ4n) is 1.41. The predicted molar refractivity (Wildman–Crippen MR) is 61.3 cm³/mol. The third-order valence-corrected chi connectivity index (χ3v) is 3.81. The molecule has 1 aromatic heterocycles. The largest absolute Gasteiger partial charge is 0.477 e. The normalized spacial score (nSPS) is 15.5. The van der Waals surface area contributed by atoms with E-state index in [0.717, 1.165) is 12.8 Å². The molecular formula is C10H12N2O4S. The summed E-state index contributed by atoms with van der Waals surface area (Å²) < 4.78 is 25.5. The molecule has 0 amide bonds. The minimum Gasteiger partial charge on any atom is -0.477 e. The number of rotatable bonds is 5. The van der Waals surface area contributed by atoms with Gasteiger partial charge in [0, 0.05) is 0 Å². The maximum absolute atomic E-state index is 11.6. The monoisotopic (exact) mass is 256 g/mol. The van der Waals surface area contributed by atoms with Gasteiger partial charge in [0.25, 0.3) is 0 Å². The van der Waals surface area contributed by atoms with Crippen molar-refractivity contribution in [2.75, 3.05) is 10.5 Å². The second-order valence-electron chi connectivity index (χ2n) is 4.04. The van der Waals surface area contributed by atoms with Crippen molar-refractivity contribution >= 4 is 21.8 Å². The van der Waals surface area contributed by atoms with E-state index in [1.54, 1.807) is 0 Å². The Kier molecular flexibility index (Phi) is 3.01. The molecule has 17 heavy (non-hydrogen) atoms. The van der Waals surface area contributed by atoms with E-state index in [1.165, 1.54) is 18.2 Å². The van der Waals surface area contributed by atoms with Crippen LogP contribution in [0, 0.1) is 5.92 Å². The van der Waals surface area contributed by atoms with Crippen molar-refractivity contribution in [2.45, 2.75) is 12.8 Å². The number of carboxylic acid groups (broad SMARTS) is 1. The number of anilines is 1. The Morgan fingerprint density at radius 3 is 2.76 bits per heavy atom. The van der Waals surface area contributed by atoms with Crippen LogP contribution in [-0.2, 0) is 10.0 Å². The first kappa shape index (κ1) is 11.8. The fraction of sp³-hybridized carbons (Fsp3) is 0.400. The van der Waals surface area contributed by atoms with Crippen LogP contribution in [0.3, 0.4) is 0 Å². The van der Waals surface area contributed by atoms with Gasteiger partial charge in [-0.2, -0.15) is 0 Å². The first-order valence-electron chi connectivity index (χ1n) is 5.17. The molecule has 1 aromatic rings. The number of hydrogen-bond donors (Lipinski definition) is 2. The van der Waals surface area contributed by atoms with Crippen LogP contribution in [0.1, 0.15) is 23.3 Å². The molecule has 92 valence electrons. The number of pyridine rings is 1. The summed E-state index contributed by atoms with van der Waals surface area (Å²) in [6, 6.07) is 4.18. The van der Waals surface area contributed by atoms with Gasteiger partial charge in [-0.25, -0.2) is 18.2 Å². The van der Waals surface area contributed by atoms with Crippen molar-refractivity contribution in [1.29, 1.82) is 0 Å². The number of nitrogens with one attached hydrogen (secondary N) is 1. The molecule has 2 N–H and O–H groups in total. The molecule has 0 aliphatic heterocycles. The summed E-state index contributed by atoms with van der Waals surface area (Å²) in [4.78, 5) is 14.4. The van der Waals surface area contributed by atoms with Crippen molar-refractivity contribution in [2.24, 2.45) is 5.92 Å². The summed E-state index contributed by atoms with van der Waals surface area (Å²) in [5, 5.41) is 8.72. The molecule has 0 aromatic carbocycles. The smallest absolute Gasteiger partial charge is 0.354 e. The van der Waals surface area contributed by atoms with Crippen LogP contribution in [0.15, 0.2) is 18.2 Å². The molecule has 1 saturated carbocycles. The lowest BCUT2D eigenvalue weighted by atomic mass is 10.3. The van der Waals surface area contributed by atoms with E-state index in [0.29, 0.717) is 0 Å². The Morgan fingerprint density at radius 1 is 1.47 bits per heavy atom. The summed E-state index contributed by atoms with van der Waals surface area (Å²) in [7, 11) is -3.42. The number of aromatic nitrogens is 1. The second-order valence-corrected chi connectivity index (χ2v) is 5.81. The van der Waals surface area contributed by atoms with E-state index in [4.69, 9.17) is 5.11 Å². The maximum Gasteiger partial charge on any atom is 0.354 e. The van der Waals surface area contributed by atoms with Crippen LogP contribution in [0.25, 0.3) is 0 Å². The highest BCUT2D eigenvalue weighted by Gasteiger charge is 2.28. The van der Waals surface area contributed by atoms with Crippen LogP contribution in [-0.4, -0.2) is 30.2 Å². The van der Waals surface area contributed by atoms with Crippen LogP contribution < -0.4 is 4.72 Å². The van der Waals surface area contributed by atoms with Crippen molar-refractivity contribution < 1.29 is 18.3 Å². The minimum absolute atomic E-state index is 0.0468. The lowest BCUT2D eigenvalue weighted by Crippen LogP contribution is -2.19. The Hall–Kier alpha value is -1.63. The van der Waals surface area contributed by atoms with E-state index in [2.05, 4.69) is 9.71 Å². The summed E-state index contributed by atoms with van der Waals surface area (Å²) in [5.41, 5.74) is -0.184. The van der Waals surface area contributed by atoms with E-state index in [9.17, 15) is 13.2 Å². The lowest BCUT2D eigenvalue weighted by molar-refractivity contribution is 0.0690. The molecular weight excluding hydrogens is 244 g/mol. The summed E-state index contributed by atoms with van der Waals surface area (Å²) >= 11 is 0. The quantitative estimate of drug-likeness (QED) is 0.817. The summed E-state index contributed by atoms with van der Waals surface area (Å²) in [6.07, 6.45) is 1.87. The van der Waals surface area contributed by atoms with Gasteiger partial charge in [-0.1, -0.05) is 6.07 Å². The molecule has 1 fully saturated rings. The number of sulfonamides is 1. The third kappa shape index (κ3) is 3.42. The average Bonchev–Trinajstić information content (AvgIpc) is 3.00. The highest BCUT2D eigenvalue weighted by molar-refractivity contribution is 7.92. The number of carboxylic acids is 1. The van der Waals surface area contributed by atoms with Crippen LogP contribution in [0.5, 0.6) is 0 Å². The highest BCUT2D eigenvalue weighted by Crippen LogP contribution is 2.30. The Balaban J connectivity index is 2.12. The zero-order valence-corrected chi connectivity index (χ0v) is 9.77. The zero-order valence-electron chi connectivity index (χ0n) is 8.96. The van der Waals surface area contributed by atoms with Crippen molar-refractivity contribution in [1.82, 2.24) is 4.98 Å². The number of hydrogen-bond acceptors (Lipinski definition) is 4. The van der Waals surface area contributed by atoms with E-state index < -0.39 is 16.0 Å². The predicted octanol–water partition coefficient (Wildman–Crippen LogP) is 0.931. The molecule has 0 spiro atoms. The summed E-state index contributed by atoms with van der Waals surface area (Å²) in [6.45, 7) is 0. The van der Waals surface area contributed by atoms with Gasteiger partial charge in [-0.3, -0.25) is 4.72 Å². The Morgan fingerprint density at radius 2 is 2.18 bits per heavy atom. The fourth-order valence-corrected chi connectivity index (χ4v) is 2.88. The van der Waals surface area contributed by atoms with Gasteiger partial charge in [0.05, 0.1) is 5.75 Å². The van der Waals surface area contributed by atoms with Crippen LogP contribution in [0.4, 0.5) is 5.82 Å². The Labute approximate surface area is 98.7 Å². The maximum atomic E-state index is 11.6. The van der Waals surface area contributed by atoms with E-state index >= 15 is 0 Å². The van der Waals surface area contributed by atoms with Gasteiger partial charge in [0.2, 0.25) is 10.0 Å². The third-order valence-electron chi connectivity index (χ3n) is 2.38. The number of aromatic carboxylic acids is 1. The first-order chi connectivity index (χ1) is 7.96. The van der Waals surface area contributed by atoms with Crippen molar-refractivity contribution in [3.8, 4) is 0 Å². The van der Waals surface area contributed by atoms with E-state index in [1.807, 2.05) is 0 Å². The second kappa shape index (κ2) is 4.33. The molecule has 0 bridgehead atoms. The van der Waals surface area contributed by atoms with Gasteiger partial charge in [-0.15, -0.1) is 0 Å². The number of carbonyl (C=O) groups is 1. The molecule has 0 atom stereocenters. The van der Waals surface area contributed by atoms with E-state index in [-0.39, 0.29) is 23.2 Å². The minimum atomic E-state index is -3.42. The lowest BCUT2D eigenvalue weighted by Gasteiger charge is -2.06. The van der Waals surface area contributed by atoms with Gasteiger partial charge in [-0.05, 0) is 30.9 Å². The van der Waals surface area contributed by atoms with Crippen molar-refractivity contribution in [3.63, 3.8) is 0 Å². The molecule has 1 heterocycles. The molecule has 2 rings (SSSR count). The zero-order chi connectivity index (χ0) is 12.5. The summed E-state index contributed by atoms with van der Waals surface area (Å²) in [5.74, 6) is -0.833. The molecule has 6 nitrogen and oxygen atoms in total. The highest BCUT2D eigenvalue weighted by atomic mass is 32.2. The molecule has 1 aliphatic rings. The topological polar surface area (TPSA) is 96.4 Å². The van der Waals surface area contributed by atoms with Gasteiger partial charge < -0.3 is 5.11 Å². The molecule has 0 radical (unpaired) electrons. The van der Waals surface area contributed by atoms with Crippen molar-refractivity contribution in [3.05, 3.63) is 23.9 Å². The van der Waals surface area contributed by atoms with Gasteiger partial charge in [0.1, 0.15) is 5.82 Å².